The summed E-state index contributed by atoms with van der Waals surface area (Å²) in [4.78, 5) is 14.7. The first-order valence-corrected chi connectivity index (χ1v) is 8.32. The van der Waals surface area contributed by atoms with Gasteiger partial charge in [0, 0.05) is 37.4 Å². The van der Waals surface area contributed by atoms with Crippen LogP contribution in [-0.4, -0.2) is 41.2 Å². The number of piperidine rings is 1. The molecule has 2 rings (SSSR count). The van der Waals surface area contributed by atoms with Crippen molar-refractivity contribution in [3.8, 4) is 0 Å². The smallest absolute Gasteiger partial charge is 0.135 e. The maximum atomic E-state index is 11.2. The summed E-state index contributed by atoms with van der Waals surface area (Å²) in [6.07, 6.45) is 1.65. The van der Waals surface area contributed by atoms with E-state index in [1.165, 1.54) is 4.90 Å². The fraction of sp³-hybridized carbons (Fsp3) is 0.562. The van der Waals surface area contributed by atoms with Gasteiger partial charge in [-0.1, -0.05) is 19.1 Å². The normalized spacial score (nSPS) is 18.2. The molecule has 0 saturated carbocycles. The molecule has 1 aromatic rings. The monoisotopic (exact) mass is 293 g/mol. The standard InChI is InChI=1S/C16H23NO2S/c1-2-20-15-5-3-13(4-6-15)16(19)9-12-17-10-7-14(18)8-11-17/h3-6,16,19H,2,7-12H2,1H3. The number of rotatable bonds is 6. The third-order valence-electron chi connectivity index (χ3n) is 3.71. The number of hydrogen-bond acceptors (Lipinski definition) is 4. The first-order chi connectivity index (χ1) is 9.69. The number of aliphatic hydroxyl groups excluding tert-OH is 1. The third kappa shape index (κ3) is 4.62. The Kier molecular flexibility index (Phi) is 6.07. The summed E-state index contributed by atoms with van der Waals surface area (Å²) in [5.74, 6) is 1.43. The second-order valence-corrected chi connectivity index (χ2v) is 6.52. The molecule has 0 aromatic heterocycles. The Morgan fingerprint density at radius 1 is 1.25 bits per heavy atom. The SMILES string of the molecule is CCSc1ccc(C(O)CCN2CCC(=O)CC2)cc1. The number of likely N-dealkylation sites (tertiary alicyclic amines) is 1. The van der Waals surface area contributed by atoms with Crippen LogP contribution in [0.5, 0.6) is 0 Å². The highest BCUT2D eigenvalue weighted by Crippen LogP contribution is 2.22. The molecule has 3 nitrogen and oxygen atoms in total. The molecule has 0 amide bonds. The highest BCUT2D eigenvalue weighted by atomic mass is 32.2. The minimum absolute atomic E-state index is 0.366. The Bertz CT molecular complexity index is 423. The van der Waals surface area contributed by atoms with Crippen molar-refractivity contribution in [2.45, 2.75) is 37.2 Å². The molecular weight excluding hydrogens is 270 g/mol. The summed E-state index contributed by atoms with van der Waals surface area (Å²) < 4.78 is 0. The zero-order valence-corrected chi connectivity index (χ0v) is 12.9. The lowest BCUT2D eigenvalue weighted by molar-refractivity contribution is -0.121. The lowest BCUT2D eigenvalue weighted by atomic mass is 10.1. The van der Waals surface area contributed by atoms with Crippen LogP contribution in [-0.2, 0) is 4.79 Å². The van der Waals surface area contributed by atoms with Crippen LogP contribution in [0.25, 0.3) is 0 Å². The van der Waals surface area contributed by atoms with Crippen molar-refractivity contribution in [2.75, 3.05) is 25.4 Å². The fourth-order valence-electron chi connectivity index (χ4n) is 2.45. The van der Waals surface area contributed by atoms with Crippen molar-refractivity contribution >= 4 is 17.5 Å². The number of Topliss-reactive ketones (excluding diaryl/α,β-unsaturated/α-hetero) is 1. The van der Waals surface area contributed by atoms with Gasteiger partial charge < -0.3 is 10.0 Å². The zero-order chi connectivity index (χ0) is 14.4. The molecule has 20 heavy (non-hydrogen) atoms. The Morgan fingerprint density at radius 3 is 2.50 bits per heavy atom. The summed E-state index contributed by atoms with van der Waals surface area (Å²) in [6.45, 7) is 4.69. The van der Waals surface area contributed by atoms with Crippen LogP contribution >= 0.6 is 11.8 Å². The number of carbonyl (C=O) groups excluding carboxylic acids is 1. The number of thioether (sulfide) groups is 1. The van der Waals surface area contributed by atoms with Crippen molar-refractivity contribution < 1.29 is 9.90 Å². The molecule has 1 fully saturated rings. The number of ketones is 1. The van der Waals surface area contributed by atoms with Crippen LogP contribution in [0.3, 0.4) is 0 Å². The molecule has 1 aromatic carbocycles. The maximum absolute atomic E-state index is 11.2. The van der Waals surface area contributed by atoms with Crippen molar-refractivity contribution in [1.82, 2.24) is 4.90 Å². The molecule has 4 heteroatoms. The van der Waals surface area contributed by atoms with Crippen molar-refractivity contribution in [1.29, 1.82) is 0 Å². The number of hydrogen-bond donors (Lipinski definition) is 1. The van der Waals surface area contributed by atoms with Gasteiger partial charge in [-0.3, -0.25) is 4.79 Å². The van der Waals surface area contributed by atoms with E-state index < -0.39 is 6.10 Å². The molecule has 0 spiro atoms. The average Bonchev–Trinajstić information content (AvgIpc) is 2.47. The quantitative estimate of drug-likeness (QED) is 0.819. The van der Waals surface area contributed by atoms with E-state index in [1.54, 1.807) is 0 Å². The number of aliphatic hydroxyl groups is 1. The van der Waals surface area contributed by atoms with E-state index in [0.29, 0.717) is 18.6 Å². The minimum atomic E-state index is -0.409. The Hall–Kier alpha value is -0.840. The topological polar surface area (TPSA) is 40.5 Å². The van der Waals surface area contributed by atoms with Gasteiger partial charge >= 0.3 is 0 Å². The second-order valence-electron chi connectivity index (χ2n) is 5.19. The molecule has 1 unspecified atom stereocenters. The van der Waals surface area contributed by atoms with Gasteiger partial charge in [-0.05, 0) is 29.9 Å². The first kappa shape index (κ1) is 15.5. The van der Waals surface area contributed by atoms with Gasteiger partial charge in [0.25, 0.3) is 0 Å². The van der Waals surface area contributed by atoms with E-state index in [1.807, 2.05) is 23.9 Å². The van der Waals surface area contributed by atoms with Crippen molar-refractivity contribution in [3.63, 3.8) is 0 Å². The van der Waals surface area contributed by atoms with E-state index >= 15 is 0 Å². The van der Waals surface area contributed by atoms with Gasteiger partial charge in [-0.15, -0.1) is 11.8 Å². The Labute approximate surface area is 125 Å². The molecule has 0 radical (unpaired) electrons. The summed E-state index contributed by atoms with van der Waals surface area (Å²) in [6, 6.07) is 8.18. The highest BCUT2D eigenvalue weighted by Gasteiger charge is 2.17. The molecule has 1 heterocycles. The predicted molar refractivity (Wildman–Crippen MR) is 83.1 cm³/mol. The van der Waals surface area contributed by atoms with Crippen LogP contribution in [0, 0.1) is 0 Å². The van der Waals surface area contributed by atoms with Crippen LogP contribution in [0.4, 0.5) is 0 Å². The van der Waals surface area contributed by atoms with Crippen molar-refractivity contribution in [2.24, 2.45) is 0 Å². The van der Waals surface area contributed by atoms with E-state index in [9.17, 15) is 9.90 Å². The first-order valence-electron chi connectivity index (χ1n) is 7.34. The van der Waals surface area contributed by atoms with E-state index in [0.717, 1.165) is 37.4 Å². The van der Waals surface area contributed by atoms with Crippen LogP contribution in [0.1, 0.15) is 37.9 Å². The summed E-state index contributed by atoms with van der Waals surface area (Å²) >= 11 is 1.81. The molecule has 110 valence electrons. The van der Waals surface area contributed by atoms with Gasteiger partial charge in [-0.2, -0.15) is 0 Å². The second kappa shape index (κ2) is 7.81. The van der Waals surface area contributed by atoms with Gasteiger partial charge in [-0.25, -0.2) is 0 Å². The van der Waals surface area contributed by atoms with Crippen LogP contribution in [0.15, 0.2) is 29.2 Å². The molecule has 1 saturated heterocycles. The highest BCUT2D eigenvalue weighted by molar-refractivity contribution is 7.99. The minimum Gasteiger partial charge on any atom is -0.388 e. The van der Waals surface area contributed by atoms with E-state index in [4.69, 9.17) is 0 Å². The predicted octanol–water partition coefficient (Wildman–Crippen LogP) is 2.89. The maximum Gasteiger partial charge on any atom is 0.135 e. The molecule has 1 aliphatic rings. The summed E-state index contributed by atoms with van der Waals surface area (Å²) in [5, 5.41) is 10.2. The number of nitrogens with zero attached hydrogens (tertiary/aromatic N) is 1. The zero-order valence-electron chi connectivity index (χ0n) is 12.0. The Balaban J connectivity index is 1.79. The Morgan fingerprint density at radius 2 is 1.90 bits per heavy atom. The average molecular weight is 293 g/mol. The van der Waals surface area contributed by atoms with Crippen molar-refractivity contribution in [3.05, 3.63) is 29.8 Å². The van der Waals surface area contributed by atoms with Gasteiger partial charge in [0.15, 0.2) is 0 Å². The lowest BCUT2D eigenvalue weighted by Crippen LogP contribution is -2.35. The van der Waals surface area contributed by atoms with E-state index in [-0.39, 0.29) is 0 Å². The third-order valence-corrected chi connectivity index (χ3v) is 4.60. The summed E-state index contributed by atoms with van der Waals surface area (Å²) in [5.41, 5.74) is 0.985. The van der Waals surface area contributed by atoms with E-state index in [2.05, 4.69) is 24.0 Å². The summed E-state index contributed by atoms with van der Waals surface area (Å²) in [7, 11) is 0. The lowest BCUT2D eigenvalue weighted by Gasteiger charge is -2.26. The molecular formula is C16H23NO2S. The molecule has 1 N–H and O–H groups in total. The molecule has 1 atom stereocenters. The fourth-order valence-corrected chi connectivity index (χ4v) is 3.11. The van der Waals surface area contributed by atoms with Crippen LogP contribution in [0.2, 0.25) is 0 Å². The molecule has 0 bridgehead atoms. The van der Waals surface area contributed by atoms with Crippen LogP contribution < -0.4 is 0 Å². The number of benzene rings is 1. The van der Waals surface area contributed by atoms with Gasteiger partial charge in [0.2, 0.25) is 0 Å². The van der Waals surface area contributed by atoms with Gasteiger partial charge in [0.1, 0.15) is 5.78 Å². The molecule has 1 aliphatic heterocycles. The van der Waals surface area contributed by atoms with Gasteiger partial charge in [0.05, 0.1) is 6.10 Å². The largest absolute Gasteiger partial charge is 0.388 e. The molecule has 0 aliphatic carbocycles. The number of carbonyl (C=O) groups is 1.